The fourth-order valence-electron chi connectivity index (χ4n) is 2.41. The minimum atomic E-state index is -0.801. The van der Waals surface area contributed by atoms with Gasteiger partial charge in [-0.1, -0.05) is 0 Å². The molecule has 0 aliphatic carbocycles. The molecule has 1 heterocycles. The first-order chi connectivity index (χ1) is 9.43. The quantitative estimate of drug-likeness (QED) is 0.763. The fraction of sp³-hybridized carbons (Fsp3) is 0.769. The van der Waals surface area contributed by atoms with E-state index in [4.69, 9.17) is 5.11 Å². The minimum Gasteiger partial charge on any atom is -0.481 e. The van der Waals surface area contributed by atoms with E-state index in [-0.39, 0.29) is 30.8 Å². The van der Waals surface area contributed by atoms with Crippen LogP contribution in [0.15, 0.2) is 0 Å². The van der Waals surface area contributed by atoms with E-state index in [1.807, 2.05) is 0 Å². The van der Waals surface area contributed by atoms with Crippen LogP contribution in [0.4, 0.5) is 4.79 Å². The summed E-state index contributed by atoms with van der Waals surface area (Å²) >= 11 is 0. The molecule has 0 radical (unpaired) electrons. The van der Waals surface area contributed by atoms with Gasteiger partial charge in [0.15, 0.2) is 0 Å². The Kier molecular flexibility index (Phi) is 6.27. The number of hydrogen-bond donors (Lipinski definition) is 2. The number of likely N-dealkylation sites (N-methyl/N-ethyl adjacent to an activating group) is 2. The molecule has 20 heavy (non-hydrogen) atoms. The van der Waals surface area contributed by atoms with Crippen molar-refractivity contribution in [1.29, 1.82) is 0 Å². The van der Waals surface area contributed by atoms with Gasteiger partial charge in [-0.3, -0.25) is 9.59 Å². The average molecular weight is 285 g/mol. The van der Waals surface area contributed by atoms with Crippen molar-refractivity contribution >= 4 is 17.9 Å². The number of aliphatic carboxylic acids is 1. The zero-order valence-corrected chi connectivity index (χ0v) is 12.1. The van der Waals surface area contributed by atoms with E-state index in [0.717, 1.165) is 12.8 Å². The molecule has 0 aromatic rings. The molecule has 1 aliphatic heterocycles. The van der Waals surface area contributed by atoms with Crippen LogP contribution in [0, 0.1) is 5.92 Å². The first kappa shape index (κ1) is 16.3. The molecule has 0 spiro atoms. The largest absolute Gasteiger partial charge is 0.481 e. The van der Waals surface area contributed by atoms with Crippen molar-refractivity contribution < 1.29 is 19.5 Å². The number of carboxylic acids is 1. The number of carboxylic acid groups (broad SMARTS) is 1. The highest BCUT2D eigenvalue weighted by molar-refractivity contribution is 5.83. The molecule has 1 fully saturated rings. The van der Waals surface area contributed by atoms with Crippen molar-refractivity contribution in [1.82, 2.24) is 15.1 Å². The molecule has 1 aliphatic rings. The maximum absolute atomic E-state index is 12.2. The van der Waals surface area contributed by atoms with E-state index in [0.29, 0.717) is 19.5 Å². The SMILES string of the molecule is CNC(=O)CN(C)C(=O)N1CCCC(CCC(=O)O)C1. The van der Waals surface area contributed by atoms with Crippen LogP contribution < -0.4 is 5.32 Å². The molecule has 2 N–H and O–H groups in total. The lowest BCUT2D eigenvalue weighted by Crippen LogP contribution is -2.48. The third-order valence-corrected chi connectivity index (χ3v) is 3.54. The zero-order valence-electron chi connectivity index (χ0n) is 12.1. The number of urea groups is 1. The minimum absolute atomic E-state index is 0.0334. The molecular formula is C13H23N3O4. The molecule has 1 atom stereocenters. The zero-order chi connectivity index (χ0) is 15.1. The van der Waals surface area contributed by atoms with E-state index in [1.54, 1.807) is 11.9 Å². The number of carbonyl (C=O) groups excluding carboxylic acids is 2. The summed E-state index contributed by atoms with van der Waals surface area (Å²) < 4.78 is 0. The van der Waals surface area contributed by atoms with Crippen LogP contribution >= 0.6 is 0 Å². The van der Waals surface area contributed by atoms with Crippen LogP contribution in [0.2, 0.25) is 0 Å². The second-order valence-corrected chi connectivity index (χ2v) is 5.20. The van der Waals surface area contributed by atoms with Gasteiger partial charge in [-0.15, -0.1) is 0 Å². The summed E-state index contributed by atoms with van der Waals surface area (Å²) in [4.78, 5) is 37.1. The molecule has 1 rings (SSSR count). The molecule has 1 saturated heterocycles. The third kappa shape index (κ3) is 5.07. The lowest BCUT2D eigenvalue weighted by atomic mass is 9.93. The Morgan fingerprint density at radius 1 is 1.40 bits per heavy atom. The van der Waals surface area contributed by atoms with Gasteiger partial charge in [-0.2, -0.15) is 0 Å². The van der Waals surface area contributed by atoms with Crippen molar-refractivity contribution in [2.45, 2.75) is 25.7 Å². The summed E-state index contributed by atoms with van der Waals surface area (Å²) in [5, 5.41) is 11.2. The van der Waals surface area contributed by atoms with Gasteiger partial charge in [-0.25, -0.2) is 4.79 Å². The second-order valence-electron chi connectivity index (χ2n) is 5.20. The van der Waals surface area contributed by atoms with Crippen molar-refractivity contribution in [2.75, 3.05) is 33.7 Å². The summed E-state index contributed by atoms with van der Waals surface area (Å²) in [6.45, 7) is 1.27. The normalized spacial score (nSPS) is 18.5. The van der Waals surface area contributed by atoms with Gasteiger partial charge in [-0.05, 0) is 25.2 Å². The summed E-state index contributed by atoms with van der Waals surface area (Å²) in [7, 11) is 3.13. The van der Waals surface area contributed by atoms with E-state index >= 15 is 0 Å². The Labute approximate surface area is 118 Å². The van der Waals surface area contributed by atoms with Crippen LogP contribution in [0.25, 0.3) is 0 Å². The summed E-state index contributed by atoms with van der Waals surface area (Å²) in [6.07, 6.45) is 2.57. The number of piperidine rings is 1. The lowest BCUT2D eigenvalue weighted by Gasteiger charge is -2.35. The maximum Gasteiger partial charge on any atom is 0.320 e. The monoisotopic (exact) mass is 285 g/mol. The molecule has 1 unspecified atom stereocenters. The molecule has 114 valence electrons. The summed E-state index contributed by atoms with van der Waals surface area (Å²) in [5.74, 6) is -0.775. The first-order valence-corrected chi connectivity index (χ1v) is 6.86. The van der Waals surface area contributed by atoms with E-state index in [1.165, 1.54) is 11.9 Å². The smallest absolute Gasteiger partial charge is 0.320 e. The summed E-state index contributed by atoms with van der Waals surface area (Å²) in [6, 6.07) is -0.173. The number of amides is 3. The van der Waals surface area contributed by atoms with E-state index in [2.05, 4.69) is 5.32 Å². The molecule has 7 heteroatoms. The molecule has 0 aromatic heterocycles. The van der Waals surface area contributed by atoms with Crippen LogP contribution in [-0.4, -0.2) is 66.5 Å². The van der Waals surface area contributed by atoms with Gasteiger partial charge in [0.25, 0.3) is 0 Å². The first-order valence-electron chi connectivity index (χ1n) is 6.86. The maximum atomic E-state index is 12.2. The Hall–Kier alpha value is -1.79. The highest BCUT2D eigenvalue weighted by atomic mass is 16.4. The van der Waals surface area contributed by atoms with Crippen LogP contribution in [0.3, 0.4) is 0 Å². The Bertz CT molecular complexity index is 373. The molecule has 0 aromatic carbocycles. The van der Waals surface area contributed by atoms with Crippen molar-refractivity contribution in [2.24, 2.45) is 5.92 Å². The molecule has 3 amide bonds. The highest BCUT2D eigenvalue weighted by Crippen LogP contribution is 2.21. The number of rotatable bonds is 5. The lowest BCUT2D eigenvalue weighted by molar-refractivity contribution is -0.137. The average Bonchev–Trinajstić information content (AvgIpc) is 2.44. The number of nitrogens with one attached hydrogen (secondary N) is 1. The number of hydrogen-bond acceptors (Lipinski definition) is 3. The van der Waals surface area contributed by atoms with E-state index < -0.39 is 5.97 Å². The molecule has 7 nitrogen and oxygen atoms in total. The Balaban J connectivity index is 2.47. The standard InChI is InChI=1S/C13H23N3O4/c1-14-11(17)9-15(2)13(20)16-7-3-4-10(8-16)5-6-12(18)19/h10H,3-9H2,1-2H3,(H,14,17)(H,18,19). The van der Waals surface area contributed by atoms with Gasteiger partial charge in [0, 0.05) is 33.6 Å². The molecule has 0 saturated carbocycles. The highest BCUT2D eigenvalue weighted by Gasteiger charge is 2.26. The van der Waals surface area contributed by atoms with Gasteiger partial charge in [0.2, 0.25) is 5.91 Å². The van der Waals surface area contributed by atoms with Crippen LogP contribution in [0.5, 0.6) is 0 Å². The van der Waals surface area contributed by atoms with Gasteiger partial charge in [0.1, 0.15) is 6.54 Å². The van der Waals surface area contributed by atoms with Gasteiger partial charge in [0.05, 0.1) is 0 Å². The molecular weight excluding hydrogens is 262 g/mol. The van der Waals surface area contributed by atoms with Gasteiger partial charge < -0.3 is 20.2 Å². The molecule has 0 bridgehead atoms. The van der Waals surface area contributed by atoms with Crippen LogP contribution in [-0.2, 0) is 9.59 Å². The number of carbonyl (C=O) groups is 3. The van der Waals surface area contributed by atoms with Gasteiger partial charge >= 0.3 is 12.0 Å². The predicted octanol–water partition coefficient (Wildman–Crippen LogP) is 0.361. The van der Waals surface area contributed by atoms with Crippen molar-refractivity contribution in [3.63, 3.8) is 0 Å². The summed E-state index contributed by atoms with van der Waals surface area (Å²) in [5.41, 5.74) is 0. The van der Waals surface area contributed by atoms with Crippen molar-refractivity contribution in [3.8, 4) is 0 Å². The second kappa shape index (κ2) is 7.72. The fourth-order valence-corrected chi connectivity index (χ4v) is 2.41. The topological polar surface area (TPSA) is 90.0 Å². The van der Waals surface area contributed by atoms with Crippen LogP contribution in [0.1, 0.15) is 25.7 Å². The van der Waals surface area contributed by atoms with E-state index in [9.17, 15) is 14.4 Å². The predicted molar refractivity (Wildman–Crippen MR) is 73.3 cm³/mol. The Morgan fingerprint density at radius 3 is 2.70 bits per heavy atom. The Morgan fingerprint density at radius 2 is 2.10 bits per heavy atom. The van der Waals surface area contributed by atoms with Crippen molar-refractivity contribution in [3.05, 3.63) is 0 Å². The third-order valence-electron chi connectivity index (χ3n) is 3.54. The number of likely N-dealkylation sites (tertiary alicyclic amines) is 1. The number of nitrogens with zero attached hydrogens (tertiary/aromatic N) is 2.